The second-order valence-electron chi connectivity index (χ2n) is 3.18. The van der Waals surface area contributed by atoms with Gasteiger partial charge in [-0.05, 0) is 6.42 Å². The molecule has 0 heterocycles. The van der Waals surface area contributed by atoms with Gasteiger partial charge >= 0.3 is 0 Å². The van der Waals surface area contributed by atoms with Crippen molar-refractivity contribution in [3.8, 4) is 0 Å². The van der Waals surface area contributed by atoms with Crippen molar-refractivity contribution >= 4 is 17.1 Å². The molecule has 0 atom stereocenters. The maximum Gasteiger partial charge on any atom is 0.278 e. The zero-order valence-electron chi connectivity index (χ0n) is 8.67. The second-order valence-corrected chi connectivity index (χ2v) is 3.18. The zero-order valence-corrected chi connectivity index (χ0v) is 8.67. The van der Waals surface area contributed by atoms with E-state index in [1.165, 1.54) is 12.1 Å². The Morgan fingerprint density at radius 3 is 2.00 bits per heavy atom. The summed E-state index contributed by atoms with van der Waals surface area (Å²) in [7, 11) is 0. The summed E-state index contributed by atoms with van der Waals surface area (Å²) in [5.41, 5.74) is -0.177. The highest BCUT2D eigenvalue weighted by Gasteiger charge is 2.15. The van der Waals surface area contributed by atoms with Crippen LogP contribution in [-0.2, 0) is 0 Å². The minimum absolute atomic E-state index is 0.284. The third-order valence-corrected chi connectivity index (χ3v) is 1.90. The fraction of sp³-hybridized carbons (Fsp3) is 0.333. The number of nitro groups is 2. The predicted octanol–water partition coefficient (Wildman–Crippen LogP) is 2.32. The molecule has 0 aliphatic heterocycles. The first-order valence-electron chi connectivity index (χ1n) is 4.72. The Labute approximate surface area is 91.4 Å². The van der Waals surface area contributed by atoms with Gasteiger partial charge in [-0.1, -0.05) is 6.92 Å². The van der Waals surface area contributed by atoms with Gasteiger partial charge in [0.15, 0.2) is 0 Å². The number of nitrogens with zero attached hydrogens (tertiary/aromatic N) is 2. The van der Waals surface area contributed by atoms with Crippen LogP contribution in [-0.4, -0.2) is 16.4 Å². The quantitative estimate of drug-likeness (QED) is 0.612. The smallest absolute Gasteiger partial charge is 0.278 e. The number of hydrogen-bond donors (Lipinski definition) is 1. The summed E-state index contributed by atoms with van der Waals surface area (Å²) in [4.78, 5) is 19.8. The standard InChI is InChI=1S/C9H11N3O4/c1-2-3-10-7-4-8(11(13)14)6-9(5-7)12(15)16/h4-6,10H,2-3H2,1H3. The maximum absolute atomic E-state index is 10.6. The molecule has 7 nitrogen and oxygen atoms in total. The number of rotatable bonds is 5. The van der Waals surface area contributed by atoms with Crippen LogP contribution in [0.2, 0.25) is 0 Å². The fourth-order valence-electron chi connectivity index (χ4n) is 1.18. The van der Waals surface area contributed by atoms with Crippen LogP contribution in [0.15, 0.2) is 18.2 Å². The summed E-state index contributed by atoms with van der Waals surface area (Å²) in [6.07, 6.45) is 0.830. The molecule has 1 N–H and O–H groups in total. The predicted molar refractivity (Wildman–Crippen MR) is 58.5 cm³/mol. The molecule has 1 aromatic carbocycles. The lowest BCUT2D eigenvalue weighted by atomic mass is 10.2. The van der Waals surface area contributed by atoms with E-state index in [0.29, 0.717) is 12.2 Å². The third kappa shape index (κ3) is 2.91. The molecule has 0 spiro atoms. The van der Waals surface area contributed by atoms with Crippen LogP contribution in [0.1, 0.15) is 13.3 Å². The van der Waals surface area contributed by atoms with Gasteiger partial charge in [-0.3, -0.25) is 20.2 Å². The highest BCUT2D eigenvalue weighted by Crippen LogP contribution is 2.25. The van der Waals surface area contributed by atoms with Crippen LogP contribution in [0.5, 0.6) is 0 Å². The number of benzene rings is 1. The van der Waals surface area contributed by atoms with E-state index < -0.39 is 9.85 Å². The molecule has 1 rings (SSSR count). The van der Waals surface area contributed by atoms with Gasteiger partial charge in [0.1, 0.15) is 0 Å². The number of anilines is 1. The van der Waals surface area contributed by atoms with Crippen molar-refractivity contribution in [3.05, 3.63) is 38.4 Å². The van der Waals surface area contributed by atoms with Crippen LogP contribution in [0, 0.1) is 20.2 Å². The Morgan fingerprint density at radius 2 is 1.62 bits per heavy atom. The summed E-state index contributed by atoms with van der Waals surface area (Å²) in [6, 6.07) is 3.50. The van der Waals surface area contributed by atoms with E-state index in [-0.39, 0.29) is 11.4 Å². The maximum atomic E-state index is 10.6. The average molecular weight is 225 g/mol. The van der Waals surface area contributed by atoms with Crippen molar-refractivity contribution in [2.24, 2.45) is 0 Å². The average Bonchev–Trinajstić information content (AvgIpc) is 2.25. The Bertz CT molecular complexity index is 387. The van der Waals surface area contributed by atoms with Crippen molar-refractivity contribution in [3.63, 3.8) is 0 Å². The van der Waals surface area contributed by atoms with E-state index in [9.17, 15) is 20.2 Å². The van der Waals surface area contributed by atoms with E-state index in [1.54, 1.807) is 0 Å². The molecule has 86 valence electrons. The molecule has 0 bridgehead atoms. The van der Waals surface area contributed by atoms with Gasteiger partial charge in [-0.2, -0.15) is 0 Å². The SMILES string of the molecule is CCCNc1cc([N+](=O)[O-])cc([N+](=O)[O-])c1. The Kier molecular flexibility index (Phi) is 3.76. The Hall–Kier alpha value is -2.18. The van der Waals surface area contributed by atoms with Crippen molar-refractivity contribution in [1.82, 2.24) is 0 Å². The van der Waals surface area contributed by atoms with E-state index in [2.05, 4.69) is 5.32 Å². The largest absolute Gasteiger partial charge is 0.385 e. The van der Waals surface area contributed by atoms with Crippen LogP contribution in [0.3, 0.4) is 0 Å². The first kappa shape index (κ1) is 11.9. The topological polar surface area (TPSA) is 98.3 Å². The number of nitrogens with one attached hydrogen (secondary N) is 1. The second kappa shape index (κ2) is 5.06. The molecule has 0 radical (unpaired) electrons. The number of nitro benzene ring substituents is 2. The molecular formula is C9H11N3O4. The molecule has 0 fully saturated rings. The lowest BCUT2D eigenvalue weighted by Crippen LogP contribution is -2.01. The van der Waals surface area contributed by atoms with E-state index in [0.717, 1.165) is 12.5 Å². The minimum Gasteiger partial charge on any atom is -0.385 e. The minimum atomic E-state index is -0.649. The number of hydrogen-bond acceptors (Lipinski definition) is 5. The van der Waals surface area contributed by atoms with Crippen LogP contribution >= 0.6 is 0 Å². The van der Waals surface area contributed by atoms with Crippen molar-refractivity contribution < 1.29 is 9.85 Å². The molecule has 16 heavy (non-hydrogen) atoms. The third-order valence-electron chi connectivity index (χ3n) is 1.90. The first-order chi connectivity index (χ1) is 7.54. The van der Waals surface area contributed by atoms with Gasteiger partial charge in [0, 0.05) is 24.4 Å². The highest BCUT2D eigenvalue weighted by molar-refractivity contribution is 5.58. The Morgan fingerprint density at radius 1 is 1.12 bits per heavy atom. The van der Waals surface area contributed by atoms with E-state index >= 15 is 0 Å². The van der Waals surface area contributed by atoms with Crippen LogP contribution in [0.4, 0.5) is 17.1 Å². The molecule has 0 saturated heterocycles. The Balaban J connectivity index is 3.08. The van der Waals surface area contributed by atoms with Gasteiger partial charge in [0.2, 0.25) is 0 Å². The van der Waals surface area contributed by atoms with Gasteiger partial charge in [0.05, 0.1) is 15.9 Å². The van der Waals surface area contributed by atoms with Crippen LogP contribution < -0.4 is 5.32 Å². The summed E-state index contributed by atoms with van der Waals surface area (Å²) in [6.45, 7) is 2.54. The van der Waals surface area contributed by atoms with Crippen molar-refractivity contribution in [2.45, 2.75) is 13.3 Å². The lowest BCUT2D eigenvalue weighted by Gasteiger charge is -2.03. The molecular weight excluding hydrogens is 214 g/mol. The van der Waals surface area contributed by atoms with Crippen molar-refractivity contribution in [1.29, 1.82) is 0 Å². The van der Waals surface area contributed by atoms with Crippen molar-refractivity contribution in [2.75, 3.05) is 11.9 Å². The fourth-order valence-corrected chi connectivity index (χ4v) is 1.18. The molecule has 0 amide bonds. The molecule has 0 aliphatic rings. The molecule has 0 aromatic heterocycles. The number of non-ortho nitro benzene ring substituents is 2. The zero-order chi connectivity index (χ0) is 12.1. The van der Waals surface area contributed by atoms with E-state index in [1.807, 2.05) is 6.92 Å². The van der Waals surface area contributed by atoms with E-state index in [4.69, 9.17) is 0 Å². The lowest BCUT2D eigenvalue weighted by molar-refractivity contribution is -0.394. The molecule has 7 heteroatoms. The molecule has 0 saturated carbocycles. The highest BCUT2D eigenvalue weighted by atomic mass is 16.6. The van der Waals surface area contributed by atoms with Gasteiger partial charge in [-0.15, -0.1) is 0 Å². The van der Waals surface area contributed by atoms with Gasteiger partial charge in [-0.25, -0.2) is 0 Å². The van der Waals surface area contributed by atoms with Gasteiger partial charge < -0.3 is 5.32 Å². The normalized spacial score (nSPS) is 9.81. The van der Waals surface area contributed by atoms with Gasteiger partial charge in [0.25, 0.3) is 11.4 Å². The summed E-state index contributed by atoms with van der Waals surface area (Å²) in [5.74, 6) is 0. The summed E-state index contributed by atoms with van der Waals surface area (Å²) >= 11 is 0. The first-order valence-corrected chi connectivity index (χ1v) is 4.72. The molecule has 1 aromatic rings. The monoisotopic (exact) mass is 225 g/mol. The molecule has 0 aliphatic carbocycles. The molecule has 0 unspecified atom stereocenters. The van der Waals surface area contributed by atoms with Crippen LogP contribution in [0.25, 0.3) is 0 Å². The summed E-state index contributed by atoms with van der Waals surface area (Å²) < 4.78 is 0. The summed E-state index contributed by atoms with van der Waals surface area (Å²) in [5, 5.41) is 24.0.